The number of imidazole rings is 1. The Hall–Kier alpha value is -2.15. The van der Waals surface area contributed by atoms with Crippen LogP contribution in [0.15, 0.2) is 24.0 Å². The van der Waals surface area contributed by atoms with E-state index in [2.05, 4.69) is 45.4 Å². The van der Waals surface area contributed by atoms with Crippen LogP contribution in [0.1, 0.15) is 44.2 Å². The molecule has 1 saturated heterocycles. The second-order valence-corrected chi connectivity index (χ2v) is 6.32. The minimum Gasteiger partial charge on any atom is -0.355 e. The number of carbonyl (C=O) groups is 2. The van der Waals surface area contributed by atoms with Crippen molar-refractivity contribution in [3.63, 3.8) is 0 Å². The van der Waals surface area contributed by atoms with Gasteiger partial charge in [0.15, 0.2) is 5.82 Å². The Morgan fingerprint density at radius 1 is 1.46 bits per heavy atom. The van der Waals surface area contributed by atoms with E-state index in [-0.39, 0.29) is 23.9 Å². The molecule has 7 nitrogen and oxygen atoms in total. The summed E-state index contributed by atoms with van der Waals surface area (Å²) in [6.07, 6.45) is 6.85. The van der Waals surface area contributed by atoms with Crippen LogP contribution in [0.25, 0.3) is 0 Å². The van der Waals surface area contributed by atoms with E-state index < -0.39 is 0 Å². The lowest BCUT2D eigenvalue weighted by molar-refractivity contribution is -0.125. The summed E-state index contributed by atoms with van der Waals surface area (Å²) in [7, 11) is 0. The second kappa shape index (κ2) is 8.63. The van der Waals surface area contributed by atoms with Crippen LogP contribution in [0.4, 0.5) is 0 Å². The smallest absolute Gasteiger partial charge is 0.287 e. The average molecular weight is 333 g/mol. The van der Waals surface area contributed by atoms with Crippen LogP contribution in [0.2, 0.25) is 0 Å². The van der Waals surface area contributed by atoms with Crippen LogP contribution in [0.3, 0.4) is 0 Å². The van der Waals surface area contributed by atoms with Crippen LogP contribution >= 0.6 is 0 Å². The zero-order chi connectivity index (χ0) is 17.5. The van der Waals surface area contributed by atoms with Gasteiger partial charge in [0, 0.05) is 38.1 Å². The Bertz CT molecular complexity index is 578. The van der Waals surface area contributed by atoms with Gasteiger partial charge in [0.05, 0.1) is 6.04 Å². The fourth-order valence-electron chi connectivity index (χ4n) is 2.98. The van der Waals surface area contributed by atoms with E-state index in [0.29, 0.717) is 25.3 Å². The summed E-state index contributed by atoms with van der Waals surface area (Å²) in [4.78, 5) is 33.4. The number of likely N-dealkylation sites (tertiary alicyclic amines) is 1. The fraction of sp³-hybridized carbons (Fsp3) is 0.588. The van der Waals surface area contributed by atoms with E-state index in [1.807, 2.05) is 6.92 Å². The predicted molar refractivity (Wildman–Crippen MR) is 92.6 cm³/mol. The summed E-state index contributed by atoms with van der Waals surface area (Å²) in [6, 6.07) is -0.251. The molecule has 0 aromatic carbocycles. The van der Waals surface area contributed by atoms with Crippen molar-refractivity contribution in [3.8, 4) is 0 Å². The number of hydrogen-bond acceptors (Lipinski definition) is 4. The molecule has 0 aliphatic carbocycles. The highest BCUT2D eigenvalue weighted by Crippen LogP contribution is 2.19. The number of amides is 2. The first-order valence-electron chi connectivity index (χ1n) is 8.46. The van der Waals surface area contributed by atoms with Crippen LogP contribution < -0.4 is 10.6 Å². The van der Waals surface area contributed by atoms with Crippen molar-refractivity contribution in [3.05, 3.63) is 29.9 Å². The van der Waals surface area contributed by atoms with Gasteiger partial charge in [-0.1, -0.05) is 11.6 Å². The molecule has 1 aliphatic heterocycles. The normalized spacial score (nSPS) is 20.6. The van der Waals surface area contributed by atoms with Crippen molar-refractivity contribution < 1.29 is 9.59 Å². The summed E-state index contributed by atoms with van der Waals surface area (Å²) in [5, 5.41) is 5.86. The summed E-state index contributed by atoms with van der Waals surface area (Å²) in [5.41, 5.74) is 1.27. The molecule has 0 radical (unpaired) electrons. The molecule has 1 aliphatic rings. The second-order valence-electron chi connectivity index (χ2n) is 6.32. The quantitative estimate of drug-likeness (QED) is 0.651. The molecule has 7 heteroatoms. The molecule has 1 aromatic rings. The summed E-state index contributed by atoms with van der Waals surface area (Å²) < 4.78 is 0. The first-order chi connectivity index (χ1) is 11.5. The van der Waals surface area contributed by atoms with Crippen molar-refractivity contribution >= 4 is 11.8 Å². The molecule has 2 atom stereocenters. The molecule has 24 heavy (non-hydrogen) atoms. The Balaban J connectivity index is 1.97. The topological polar surface area (TPSA) is 90.1 Å². The number of H-pyrrole nitrogens is 1. The van der Waals surface area contributed by atoms with Crippen LogP contribution in [0.5, 0.6) is 0 Å². The maximum atomic E-state index is 12.3. The third-order valence-electron chi connectivity index (χ3n) is 4.07. The molecule has 3 N–H and O–H groups in total. The van der Waals surface area contributed by atoms with Crippen molar-refractivity contribution in [1.29, 1.82) is 0 Å². The lowest BCUT2D eigenvalue weighted by atomic mass is 10.1. The third kappa shape index (κ3) is 4.92. The highest BCUT2D eigenvalue weighted by molar-refractivity contribution is 5.90. The molecule has 2 amide bonds. The van der Waals surface area contributed by atoms with Gasteiger partial charge in [-0.25, -0.2) is 4.98 Å². The fourth-order valence-corrected chi connectivity index (χ4v) is 2.98. The molecule has 0 bridgehead atoms. The highest BCUT2D eigenvalue weighted by Gasteiger charge is 2.36. The van der Waals surface area contributed by atoms with Crippen LogP contribution in [-0.4, -0.2) is 58.4 Å². The number of likely N-dealkylation sites (N-methyl/N-ethyl adjacent to an activating group) is 1. The number of rotatable bonds is 7. The number of hydrogen-bond donors (Lipinski definition) is 3. The number of aromatic nitrogens is 2. The zero-order valence-corrected chi connectivity index (χ0v) is 14.6. The third-order valence-corrected chi connectivity index (χ3v) is 4.07. The van der Waals surface area contributed by atoms with Crippen molar-refractivity contribution in [2.45, 2.75) is 45.7 Å². The molecule has 2 heterocycles. The molecular formula is C17H27N5O2. The van der Waals surface area contributed by atoms with Gasteiger partial charge < -0.3 is 15.6 Å². The summed E-state index contributed by atoms with van der Waals surface area (Å²) in [5.74, 6) is 0.0998. The molecule has 2 rings (SSSR count). The lowest BCUT2D eigenvalue weighted by Crippen LogP contribution is -2.43. The van der Waals surface area contributed by atoms with Gasteiger partial charge in [-0.2, -0.15) is 0 Å². The van der Waals surface area contributed by atoms with Crippen molar-refractivity contribution in [2.75, 3.05) is 19.6 Å². The minimum atomic E-state index is -0.231. The maximum Gasteiger partial charge on any atom is 0.287 e. The molecule has 1 fully saturated rings. The van der Waals surface area contributed by atoms with Gasteiger partial charge in [0.25, 0.3) is 5.91 Å². The van der Waals surface area contributed by atoms with Crippen molar-refractivity contribution in [2.24, 2.45) is 0 Å². The van der Waals surface area contributed by atoms with Gasteiger partial charge in [0.2, 0.25) is 5.91 Å². The maximum absolute atomic E-state index is 12.3. The molecule has 0 spiro atoms. The van der Waals surface area contributed by atoms with Crippen molar-refractivity contribution in [1.82, 2.24) is 25.5 Å². The van der Waals surface area contributed by atoms with Gasteiger partial charge in [-0.15, -0.1) is 0 Å². The largest absolute Gasteiger partial charge is 0.355 e. The first kappa shape index (κ1) is 18.2. The first-order valence-corrected chi connectivity index (χ1v) is 8.46. The van der Waals surface area contributed by atoms with Crippen LogP contribution in [0, 0.1) is 0 Å². The SMILES string of the molecule is CCNC(=O)[C@@H]1C[C@H](NC(=O)c2ncc[nH]2)CN1CCC=C(C)C. The van der Waals surface area contributed by atoms with E-state index in [1.165, 1.54) is 5.57 Å². The zero-order valence-electron chi connectivity index (χ0n) is 14.6. The van der Waals surface area contributed by atoms with E-state index in [0.717, 1.165) is 13.0 Å². The number of allylic oxidation sites excluding steroid dienone is 1. The summed E-state index contributed by atoms with van der Waals surface area (Å²) in [6.45, 7) is 8.14. The average Bonchev–Trinajstić information content (AvgIpc) is 3.17. The number of aromatic amines is 1. The van der Waals surface area contributed by atoms with E-state index in [9.17, 15) is 9.59 Å². The molecule has 0 saturated carbocycles. The Morgan fingerprint density at radius 3 is 2.88 bits per heavy atom. The Labute approximate surface area is 142 Å². The Kier molecular flexibility index (Phi) is 6.54. The predicted octanol–water partition coefficient (Wildman–Crippen LogP) is 1.07. The standard InChI is InChI=1S/C17H27N5O2/c1-4-18-16(23)14-10-13(11-22(14)9-5-6-12(2)3)21-17(24)15-19-7-8-20-15/h6-8,13-14H,4-5,9-11H2,1-3H3,(H,18,23)(H,19,20)(H,21,24)/t13-,14-/m0/s1. The Morgan fingerprint density at radius 2 is 2.25 bits per heavy atom. The van der Waals surface area contributed by atoms with Gasteiger partial charge in [-0.05, 0) is 33.6 Å². The molecule has 1 aromatic heterocycles. The monoisotopic (exact) mass is 333 g/mol. The van der Waals surface area contributed by atoms with Crippen LogP contribution in [-0.2, 0) is 4.79 Å². The number of nitrogens with zero attached hydrogens (tertiary/aromatic N) is 2. The van der Waals surface area contributed by atoms with E-state index in [4.69, 9.17) is 0 Å². The lowest BCUT2D eigenvalue weighted by Gasteiger charge is -2.22. The molecular weight excluding hydrogens is 306 g/mol. The van der Waals surface area contributed by atoms with E-state index in [1.54, 1.807) is 12.4 Å². The van der Waals surface area contributed by atoms with Gasteiger partial charge >= 0.3 is 0 Å². The van der Waals surface area contributed by atoms with Gasteiger partial charge in [0.1, 0.15) is 0 Å². The molecule has 132 valence electrons. The molecule has 0 unspecified atom stereocenters. The number of carbonyl (C=O) groups excluding carboxylic acids is 2. The minimum absolute atomic E-state index is 0.0319. The van der Waals surface area contributed by atoms with Gasteiger partial charge in [-0.3, -0.25) is 14.5 Å². The van der Waals surface area contributed by atoms with E-state index >= 15 is 0 Å². The summed E-state index contributed by atoms with van der Waals surface area (Å²) >= 11 is 0. The highest BCUT2D eigenvalue weighted by atomic mass is 16.2. The number of nitrogens with one attached hydrogen (secondary N) is 3.